The van der Waals surface area contributed by atoms with E-state index in [1.54, 1.807) is 6.08 Å². The zero-order valence-electron chi connectivity index (χ0n) is 20.5. The lowest BCUT2D eigenvalue weighted by Gasteiger charge is -2.51. The second-order valence-electron chi connectivity index (χ2n) is 9.61. The van der Waals surface area contributed by atoms with Crippen LogP contribution in [-0.4, -0.2) is 50.2 Å². The fourth-order valence-electron chi connectivity index (χ4n) is 4.82. The number of nitrogens with zero attached hydrogens (tertiary/aromatic N) is 2. The van der Waals surface area contributed by atoms with Crippen molar-refractivity contribution in [1.82, 2.24) is 13.9 Å². The molecule has 190 valence electrons. The SMILES string of the molecule is C=CC[C@@]1(C)C[C@H](c2cccc(Cl)c2)[C@@H](c2ccc(Cl)cc2)N([C@@H](C)CNS(=O)(=O)N(C)C)C1=O. The molecule has 0 bridgehead atoms. The number of hydrogen-bond acceptors (Lipinski definition) is 3. The molecular weight excluding hydrogens is 505 g/mol. The minimum atomic E-state index is -3.65. The van der Waals surface area contributed by atoms with Crippen LogP contribution in [0, 0.1) is 5.41 Å². The molecule has 0 unspecified atom stereocenters. The molecule has 0 aliphatic carbocycles. The van der Waals surface area contributed by atoms with Gasteiger partial charge in [-0.15, -0.1) is 6.58 Å². The molecular formula is C26H33Cl2N3O3S. The van der Waals surface area contributed by atoms with E-state index in [4.69, 9.17) is 23.2 Å². The van der Waals surface area contributed by atoms with Gasteiger partial charge in [0, 0.05) is 42.6 Å². The number of carbonyl (C=O) groups is 1. The molecule has 1 fully saturated rings. The van der Waals surface area contributed by atoms with Crippen LogP contribution in [0.4, 0.5) is 0 Å². The molecule has 0 radical (unpaired) electrons. The van der Waals surface area contributed by atoms with Gasteiger partial charge >= 0.3 is 0 Å². The molecule has 4 atom stereocenters. The summed E-state index contributed by atoms with van der Waals surface area (Å²) in [7, 11) is -0.725. The number of carbonyl (C=O) groups excluding carboxylic acids is 1. The van der Waals surface area contributed by atoms with Gasteiger partial charge in [-0.3, -0.25) is 4.79 Å². The summed E-state index contributed by atoms with van der Waals surface area (Å²) in [5, 5.41) is 1.23. The van der Waals surface area contributed by atoms with Gasteiger partial charge < -0.3 is 4.90 Å². The fourth-order valence-corrected chi connectivity index (χ4v) is 5.86. The summed E-state index contributed by atoms with van der Waals surface area (Å²) in [4.78, 5) is 15.9. The molecule has 2 aromatic rings. The Hall–Kier alpha value is -1.90. The Morgan fingerprint density at radius 2 is 1.83 bits per heavy atom. The molecule has 1 heterocycles. The quantitative estimate of drug-likeness (QED) is 0.434. The van der Waals surface area contributed by atoms with Crippen LogP contribution in [0.15, 0.2) is 61.2 Å². The third-order valence-electron chi connectivity index (χ3n) is 6.70. The smallest absolute Gasteiger partial charge is 0.279 e. The highest BCUT2D eigenvalue weighted by molar-refractivity contribution is 7.87. The van der Waals surface area contributed by atoms with Crippen LogP contribution in [0.3, 0.4) is 0 Å². The topological polar surface area (TPSA) is 69.7 Å². The summed E-state index contributed by atoms with van der Waals surface area (Å²) in [6.45, 7) is 7.78. The zero-order valence-corrected chi connectivity index (χ0v) is 22.9. The fraction of sp³-hybridized carbons (Fsp3) is 0.423. The van der Waals surface area contributed by atoms with Gasteiger partial charge in [-0.2, -0.15) is 12.7 Å². The van der Waals surface area contributed by atoms with Crippen LogP contribution in [0.1, 0.15) is 49.8 Å². The van der Waals surface area contributed by atoms with Crippen LogP contribution in [-0.2, 0) is 15.0 Å². The molecule has 1 N–H and O–H groups in total. The van der Waals surface area contributed by atoms with E-state index in [-0.39, 0.29) is 24.4 Å². The first-order valence-electron chi connectivity index (χ1n) is 11.5. The first-order valence-corrected chi connectivity index (χ1v) is 13.7. The summed E-state index contributed by atoms with van der Waals surface area (Å²) < 4.78 is 28.6. The number of halogens is 2. The van der Waals surface area contributed by atoms with Crippen molar-refractivity contribution < 1.29 is 13.2 Å². The maximum Gasteiger partial charge on any atom is 0.279 e. The minimum absolute atomic E-state index is 0.0350. The largest absolute Gasteiger partial charge is 0.331 e. The first-order chi connectivity index (χ1) is 16.4. The van der Waals surface area contributed by atoms with Gasteiger partial charge in [-0.05, 0) is 55.2 Å². The van der Waals surface area contributed by atoms with Crippen molar-refractivity contribution in [3.05, 3.63) is 82.4 Å². The van der Waals surface area contributed by atoms with Crippen molar-refractivity contribution in [2.24, 2.45) is 5.41 Å². The molecule has 35 heavy (non-hydrogen) atoms. The van der Waals surface area contributed by atoms with Crippen LogP contribution >= 0.6 is 23.2 Å². The van der Waals surface area contributed by atoms with Gasteiger partial charge in [0.25, 0.3) is 10.2 Å². The highest BCUT2D eigenvalue weighted by Gasteiger charge is 2.50. The lowest BCUT2D eigenvalue weighted by atomic mass is 9.67. The van der Waals surface area contributed by atoms with Crippen molar-refractivity contribution in [1.29, 1.82) is 0 Å². The summed E-state index contributed by atoms with van der Waals surface area (Å²) >= 11 is 12.6. The Balaban J connectivity index is 2.14. The van der Waals surface area contributed by atoms with E-state index in [0.29, 0.717) is 22.9 Å². The lowest BCUT2D eigenvalue weighted by molar-refractivity contribution is -0.153. The monoisotopic (exact) mass is 537 g/mol. The predicted molar refractivity (Wildman–Crippen MR) is 143 cm³/mol. The van der Waals surface area contributed by atoms with Crippen LogP contribution in [0.2, 0.25) is 10.0 Å². The van der Waals surface area contributed by atoms with E-state index in [1.807, 2.05) is 67.3 Å². The molecule has 0 aromatic heterocycles. The summed E-state index contributed by atoms with van der Waals surface area (Å²) in [6.07, 6.45) is 2.87. The first kappa shape index (κ1) is 27.7. The van der Waals surface area contributed by atoms with Crippen molar-refractivity contribution in [2.45, 2.75) is 44.7 Å². The molecule has 2 aromatic carbocycles. The predicted octanol–water partition coefficient (Wildman–Crippen LogP) is 5.42. The lowest BCUT2D eigenvalue weighted by Crippen LogP contribution is -2.57. The van der Waals surface area contributed by atoms with Gasteiger partial charge in [-0.1, -0.05) is 60.5 Å². The second-order valence-corrected chi connectivity index (χ2v) is 12.5. The number of benzene rings is 2. The standard InChI is InChI=1S/C26H33Cl2N3O3S/c1-6-14-26(3)16-23(20-8-7-9-22(28)15-20)24(19-10-12-21(27)13-11-19)31(25(26)32)18(2)17-29-35(33,34)30(4)5/h6-13,15,18,23-24,29H,1,14,16-17H2,2-5H3/t18-,23+,24+,26-/m0/s1. The van der Waals surface area contributed by atoms with Gasteiger partial charge in [0.15, 0.2) is 0 Å². The number of amides is 1. The average Bonchev–Trinajstić information content (AvgIpc) is 2.80. The normalized spacial score (nSPS) is 24.0. The van der Waals surface area contributed by atoms with E-state index in [9.17, 15) is 13.2 Å². The van der Waals surface area contributed by atoms with Crippen molar-refractivity contribution in [3.8, 4) is 0 Å². The highest BCUT2D eigenvalue weighted by Crippen LogP contribution is 2.52. The Labute approximate surface area is 219 Å². The Kier molecular flexibility index (Phi) is 8.71. The highest BCUT2D eigenvalue weighted by atomic mass is 35.5. The molecule has 3 rings (SSSR count). The third kappa shape index (κ3) is 6.09. The molecule has 0 saturated carbocycles. The van der Waals surface area contributed by atoms with Gasteiger partial charge in [0.05, 0.1) is 11.5 Å². The van der Waals surface area contributed by atoms with Crippen molar-refractivity contribution >= 4 is 39.3 Å². The van der Waals surface area contributed by atoms with Crippen LogP contribution < -0.4 is 4.72 Å². The Morgan fingerprint density at radius 3 is 2.40 bits per heavy atom. The molecule has 1 saturated heterocycles. The van der Waals surface area contributed by atoms with E-state index >= 15 is 0 Å². The second kappa shape index (κ2) is 11.0. The number of piperidine rings is 1. The van der Waals surface area contributed by atoms with E-state index in [0.717, 1.165) is 15.4 Å². The molecule has 1 amide bonds. The zero-order chi connectivity index (χ0) is 26.0. The Morgan fingerprint density at radius 1 is 1.17 bits per heavy atom. The average molecular weight is 539 g/mol. The minimum Gasteiger partial charge on any atom is -0.331 e. The van der Waals surface area contributed by atoms with E-state index in [2.05, 4.69) is 11.3 Å². The third-order valence-corrected chi connectivity index (χ3v) is 8.68. The number of nitrogens with one attached hydrogen (secondary N) is 1. The van der Waals surface area contributed by atoms with Crippen LogP contribution in [0.5, 0.6) is 0 Å². The number of allylic oxidation sites excluding steroid dienone is 1. The molecule has 9 heteroatoms. The van der Waals surface area contributed by atoms with Gasteiger partial charge in [0.1, 0.15) is 0 Å². The van der Waals surface area contributed by atoms with E-state index < -0.39 is 21.7 Å². The molecule has 0 spiro atoms. The maximum absolute atomic E-state index is 14.1. The van der Waals surface area contributed by atoms with Crippen LogP contribution in [0.25, 0.3) is 0 Å². The van der Waals surface area contributed by atoms with Crippen molar-refractivity contribution in [2.75, 3.05) is 20.6 Å². The van der Waals surface area contributed by atoms with Crippen molar-refractivity contribution in [3.63, 3.8) is 0 Å². The maximum atomic E-state index is 14.1. The van der Waals surface area contributed by atoms with Gasteiger partial charge in [-0.25, -0.2) is 4.72 Å². The van der Waals surface area contributed by atoms with Gasteiger partial charge in [0.2, 0.25) is 5.91 Å². The number of likely N-dealkylation sites (tertiary alicyclic amines) is 1. The molecule has 1 aliphatic heterocycles. The number of rotatable bonds is 9. The molecule has 6 nitrogen and oxygen atoms in total. The molecule has 1 aliphatic rings. The summed E-state index contributed by atoms with van der Waals surface area (Å²) in [5.41, 5.74) is 1.24. The van der Waals surface area contributed by atoms with E-state index in [1.165, 1.54) is 14.1 Å². The Bertz CT molecular complexity index is 1170. The summed E-state index contributed by atoms with van der Waals surface area (Å²) in [6, 6.07) is 14.4. The summed E-state index contributed by atoms with van der Waals surface area (Å²) in [5.74, 6) is -0.113. The number of hydrogen-bond donors (Lipinski definition) is 1.